The Morgan fingerprint density at radius 1 is 0.865 bits per heavy atom. The molecule has 1 aromatic carbocycles. The lowest BCUT2D eigenvalue weighted by Crippen LogP contribution is -2.40. The van der Waals surface area contributed by atoms with Crippen LogP contribution >= 0.6 is 22.6 Å². The maximum absolute atomic E-state index is 13.8. The zero-order valence-electron chi connectivity index (χ0n) is 20.3. The molecule has 3 fully saturated rings. The van der Waals surface area contributed by atoms with Crippen molar-refractivity contribution in [1.82, 2.24) is 19.7 Å². The number of hydrogen-bond acceptors (Lipinski definition) is 6. The van der Waals surface area contributed by atoms with E-state index in [1.165, 1.54) is 25.7 Å². The summed E-state index contributed by atoms with van der Waals surface area (Å²) in [6, 6.07) is 9.41. The van der Waals surface area contributed by atoms with Gasteiger partial charge in [0.25, 0.3) is 11.8 Å². The Kier molecular flexibility index (Phi) is 6.28. The van der Waals surface area contributed by atoms with E-state index < -0.39 is 5.92 Å². The van der Waals surface area contributed by atoms with Gasteiger partial charge in [0.1, 0.15) is 18.5 Å². The second-order valence-electron chi connectivity index (χ2n) is 10.4. The van der Waals surface area contributed by atoms with Crippen molar-refractivity contribution in [1.29, 1.82) is 0 Å². The highest BCUT2D eigenvalue weighted by Gasteiger charge is 2.44. The molecular weight excluding hydrogens is 591 g/mol. The average Bonchev–Trinajstić information content (AvgIpc) is 3.41. The van der Waals surface area contributed by atoms with Gasteiger partial charge in [-0.1, -0.05) is 0 Å². The van der Waals surface area contributed by atoms with Crippen molar-refractivity contribution < 1.29 is 13.6 Å². The molecule has 0 radical (unpaired) electrons. The highest BCUT2D eigenvalue weighted by molar-refractivity contribution is 14.1. The van der Waals surface area contributed by atoms with E-state index in [4.69, 9.17) is 4.98 Å². The largest absolute Gasteiger partial charge is 0.371 e. The Morgan fingerprint density at radius 2 is 1.54 bits per heavy atom. The number of anilines is 3. The topological polar surface area (TPSA) is 79.2 Å². The van der Waals surface area contributed by atoms with Crippen LogP contribution in [0.25, 0.3) is 5.69 Å². The highest BCUT2D eigenvalue weighted by Crippen LogP contribution is 2.54. The molecule has 2 aliphatic heterocycles. The smallest absolute Gasteiger partial charge is 0.258 e. The molecule has 8 nitrogen and oxygen atoms in total. The van der Waals surface area contributed by atoms with Gasteiger partial charge < -0.3 is 15.1 Å². The molecule has 1 amide bonds. The number of nitrogens with zero attached hydrogens (tertiary/aromatic N) is 6. The van der Waals surface area contributed by atoms with Gasteiger partial charge >= 0.3 is 0 Å². The molecule has 0 unspecified atom stereocenters. The Labute approximate surface area is 227 Å². The standard InChI is InChI=1S/C26H28F2IN7O/c27-26(28)9-13-35(14-10-26)23-20(36-16-30-31-17-36)3-4-22(32-23)33-24(37)19-2-1-18(29)15-21(19)34-11-7-25(5-6-25)8-12-34/h1-4,15-17H,5-14H2,(H,32,33,37). The monoisotopic (exact) mass is 619 g/mol. The van der Waals surface area contributed by atoms with Crippen LogP contribution in [0, 0.1) is 8.99 Å². The molecule has 4 heterocycles. The van der Waals surface area contributed by atoms with Crippen molar-refractivity contribution in [3.63, 3.8) is 0 Å². The quantitative estimate of drug-likeness (QED) is 0.399. The number of benzene rings is 1. The van der Waals surface area contributed by atoms with Crippen LogP contribution in [0.4, 0.5) is 26.1 Å². The van der Waals surface area contributed by atoms with Crippen molar-refractivity contribution in [2.75, 3.05) is 41.3 Å². The van der Waals surface area contributed by atoms with Crippen LogP contribution in [-0.2, 0) is 0 Å². The highest BCUT2D eigenvalue weighted by atomic mass is 127. The number of carbonyl (C=O) groups excluding carboxylic acids is 1. The number of halogens is 3. The van der Waals surface area contributed by atoms with Crippen molar-refractivity contribution in [3.05, 3.63) is 52.1 Å². The molecule has 37 heavy (non-hydrogen) atoms. The lowest BCUT2D eigenvalue weighted by molar-refractivity contribution is -0.0221. The van der Waals surface area contributed by atoms with Crippen LogP contribution in [0.2, 0.25) is 0 Å². The number of hydrogen-bond donors (Lipinski definition) is 1. The third-order valence-corrected chi connectivity index (χ3v) is 8.58. The minimum absolute atomic E-state index is 0.171. The first-order valence-electron chi connectivity index (χ1n) is 12.7. The van der Waals surface area contributed by atoms with E-state index in [0.717, 1.165) is 22.3 Å². The maximum Gasteiger partial charge on any atom is 0.258 e. The number of aromatic nitrogens is 4. The van der Waals surface area contributed by atoms with E-state index in [1.54, 1.807) is 23.3 Å². The summed E-state index contributed by atoms with van der Waals surface area (Å²) in [6.45, 7) is 2.25. The number of alkyl halides is 2. The summed E-state index contributed by atoms with van der Waals surface area (Å²) in [7, 11) is 0. The lowest BCUT2D eigenvalue weighted by atomic mass is 9.93. The number of nitrogens with one attached hydrogen (secondary N) is 1. The van der Waals surface area contributed by atoms with Crippen molar-refractivity contribution >= 4 is 45.8 Å². The molecule has 1 saturated carbocycles. The van der Waals surface area contributed by atoms with Crippen LogP contribution in [0.15, 0.2) is 43.0 Å². The summed E-state index contributed by atoms with van der Waals surface area (Å²) in [5.74, 6) is -2.02. The van der Waals surface area contributed by atoms with Gasteiger partial charge in [-0.3, -0.25) is 9.36 Å². The number of carbonyl (C=O) groups is 1. The maximum atomic E-state index is 13.8. The zero-order chi connectivity index (χ0) is 25.6. The van der Waals surface area contributed by atoms with Crippen LogP contribution in [0.1, 0.15) is 48.9 Å². The molecule has 3 aliphatic rings. The predicted octanol–water partition coefficient (Wildman–Crippen LogP) is 5.14. The van der Waals surface area contributed by atoms with E-state index >= 15 is 0 Å². The van der Waals surface area contributed by atoms with E-state index in [2.05, 4.69) is 49.1 Å². The second kappa shape index (κ2) is 9.48. The Hall–Kier alpha value is -2.83. The average molecular weight is 619 g/mol. The van der Waals surface area contributed by atoms with Gasteiger partial charge in [-0.25, -0.2) is 13.8 Å². The Morgan fingerprint density at radius 3 is 2.22 bits per heavy atom. The second-order valence-corrected chi connectivity index (χ2v) is 11.6. The van der Waals surface area contributed by atoms with Gasteiger partial charge in [0, 0.05) is 42.6 Å². The predicted molar refractivity (Wildman–Crippen MR) is 146 cm³/mol. The Bertz CT molecular complexity index is 1290. The van der Waals surface area contributed by atoms with E-state index in [9.17, 15) is 13.6 Å². The number of amides is 1. The summed E-state index contributed by atoms with van der Waals surface area (Å²) in [6.07, 6.45) is 7.60. The van der Waals surface area contributed by atoms with E-state index in [-0.39, 0.29) is 31.8 Å². The van der Waals surface area contributed by atoms with Gasteiger partial charge in [0.05, 0.1) is 16.9 Å². The van der Waals surface area contributed by atoms with Gasteiger partial charge in [-0.2, -0.15) is 0 Å². The van der Waals surface area contributed by atoms with Gasteiger partial charge in [0.15, 0.2) is 5.82 Å². The molecule has 194 valence electrons. The molecular formula is C26H28F2IN7O. The van der Waals surface area contributed by atoms with Gasteiger partial charge in [0.2, 0.25) is 0 Å². The van der Waals surface area contributed by atoms with Crippen LogP contribution < -0.4 is 15.1 Å². The normalized spacial score (nSPS) is 20.2. The fourth-order valence-electron chi connectivity index (χ4n) is 5.36. The van der Waals surface area contributed by atoms with Crippen LogP contribution in [0.5, 0.6) is 0 Å². The van der Waals surface area contributed by atoms with Crippen molar-refractivity contribution in [3.8, 4) is 5.69 Å². The first-order valence-corrected chi connectivity index (χ1v) is 13.7. The van der Waals surface area contributed by atoms with Crippen LogP contribution in [0.3, 0.4) is 0 Å². The Balaban J connectivity index is 1.27. The molecule has 6 rings (SSSR count). The zero-order valence-corrected chi connectivity index (χ0v) is 22.5. The molecule has 0 bridgehead atoms. The lowest BCUT2D eigenvalue weighted by Gasteiger charge is -2.35. The minimum Gasteiger partial charge on any atom is -0.371 e. The molecule has 1 N–H and O–H groups in total. The fourth-order valence-corrected chi connectivity index (χ4v) is 5.83. The number of piperidine rings is 2. The van der Waals surface area contributed by atoms with Gasteiger partial charge in [-0.05, 0) is 84.0 Å². The molecule has 1 spiro atoms. The van der Waals surface area contributed by atoms with Crippen LogP contribution in [-0.4, -0.2) is 57.8 Å². The molecule has 11 heteroatoms. The minimum atomic E-state index is -2.67. The number of rotatable bonds is 5. The third kappa shape index (κ3) is 5.14. The van der Waals surface area contributed by atoms with E-state index in [1.807, 2.05) is 23.1 Å². The summed E-state index contributed by atoms with van der Waals surface area (Å²) < 4.78 is 30.5. The fraction of sp³-hybridized carbons (Fsp3) is 0.462. The molecule has 1 aliphatic carbocycles. The van der Waals surface area contributed by atoms with Crippen molar-refractivity contribution in [2.24, 2.45) is 5.41 Å². The molecule has 3 aromatic rings. The molecule has 2 aromatic heterocycles. The molecule has 2 saturated heterocycles. The number of pyridine rings is 1. The van der Waals surface area contributed by atoms with E-state index in [0.29, 0.717) is 28.3 Å². The molecule has 0 atom stereocenters. The van der Waals surface area contributed by atoms with Gasteiger partial charge in [-0.15, -0.1) is 10.2 Å². The summed E-state index contributed by atoms with van der Waals surface area (Å²) in [4.78, 5) is 22.4. The summed E-state index contributed by atoms with van der Waals surface area (Å²) >= 11 is 2.28. The first-order chi connectivity index (χ1) is 17.8. The summed E-state index contributed by atoms with van der Waals surface area (Å²) in [5.41, 5.74) is 2.77. The third-order valence-electron chi connectivity index (χ3n) is 7.91. The first kappa shape index (κ1) is 24.5. The van der Waals surface area contributed by atoms with Crippen molar-refractivity contribution in [2.45, 2.75) is 44.4 Å². The summed E-state index contributed by atoms with van der Waals surface area (Å²) in [5, 5.41) is 10.7. The SMILES string of the molecule is O=C(Nc1ccc(-n2cnnc2)c(N2CCC(F)(F)CC2)n1)c1ccc(I)cc1N1CCC2(CC1)CC2.